The Kier molecular flexibility index (Phi) is 6.85. The molecule has 1 N–H and O–H groups in total. The summed E-state index contributed by atoms with van der Waals surface area (Å²) >= 11 is 5.38. The van der Waals surface area contributed by atoms with E-state index in [1.165, 1.54) is 30.6 Å². The predicted molar refractivity (Wildman–Crippen MR) is 90.0 cm³/mol. The van der Waals surface area contributed by atoms with Crippen LogP contribution in [0, 0.1) is 5.82 Å². The summed E-state index contributed by atoms with van der Waals surface area (Å²) in [6.45, 7) is 3.26. The van der Waals surface area contributed by atoms with Crippen LogP contribution in [0.5, 0.6) is 0 Å². The van der Waals surface area contributed by atoms with Gasteiger partial charge in [0.05, 0.1) is 4.47 Å². The molecule has 2 unspecified atom stereocenters. The molecule has 0 bridgehead atoms. The first-order valence-corrected chi connectivity index (χ1v) is 9.33. The van der Waals surface area contributed by atoms with E-state index >= 15 is 0 Å². The highest BCUT2D eigenvalue weighted by atomic mass is 79.9. The maximum absolute atomic E-state index is 13.3. The number of thioether (sulfide) groups is 1. The Hall–Kier alpha value is -0.0600. The van der Waals surface area contributed by atoms with Crippen LogP contribution < -0.4 is 5.32 Å². The number of nitrogens with one attached hydrogen (secondary N) is 1. The second-order valence-corrected chi connectivity index (χ2v) is 7.62. The number of benzene rings is 1. The lowest BCUT2D eigenvalue weighted by atomic mass is 9.99. The van der Waals surface area contributed by atoms with Gasteiger partial charge in [-0.05, 0) is 71.6 Å². The Morgan fingerprint density at radius 2 is 2.30 bits per heavy atom. The summed E-state index contributed by atoms with van der Waals surface area (Å²) in [6, 6.07) is 5.89. The standard InChI is InChI=1S/C16H23BrFNS/c1-2-8-19-15(16-5-3-4-9-20-16)11-12-6-7-14(18)13(17)10-12/h6-7,10,15-16,19H,2-5,8-9,11H2,1H3. The van der Waals surface area contributed by atoms with E-state index in [2.05, 4.69) is 39.9 Å². The smallest absolute Gasteiger partial charge is 0.137 e. The molecule has 1 nitrogen and oxygen atoms in total. The van der Waals surface area contributed by atoms with Gasteiger partial charge in [0.15, 0.2) is 0 Å². The Morgan fingerprint density at radius 1 is 1.45 bits per heavy atom. The van der Waals surface area contributed by atoms with Crippen LogP contribution in [0.3, 0.4) is 0 Å². The molecule has 1 fully saturated rings. The maximum Gasteiger partial charge on any atom is 0.137 e. The van der Waals surface area contributed by atoms with Crippen molar-refractivity contribution in [3.63, 3.8) is 0 Å². The first-order valence-electron chi connectivity index (χ1n) is 7.49. The van der Waals surface area contributed by atoms with Gasteiger partial charge in [-0.2, -0.15) is 11.8 Å². The zero-order valence-electron chi connectivity index (χ0n) is 12.0. The van der Waals surface area contributed by atoms with E-state index in [1.807, 2.05) is 12.1 Å². The number of rotatable bonds is 6. The molecule has 0 aromatic heterocycles. The largest absolute Gasteiger partial charge is 0.313 e. The van der Waals surface area contributed by atoms with Gasteiger partial charge in [0, 0.05) is 11.3 Å². The average molecular weight is 360 g/mol. The molecule has 2 rings (SSSR count). The molecule has 1 aromatic carbocycles. The van der Waals surface area contributed by atoms with E-state index in [0.29, 0.717) is 15.8 Å². The topological polar surface area (TPSA) is 12.0 Å². The highest BCUT2D eigenvalue weighted by molar-refractivity contribution is 9.10. The minimum Gasteiger partial charge on any atom is -0.313 e. The second kappa shape index (κ2) is 8.40. The Bertz CT molecular complexity index is 421. The van der Waals surface area contributed by atoms with Crippen LogP contribution in [-0.2, 0) is 6.42 Å². The Balaban J connectivity index is 2.03. The lowest BCUT2D eigenvalue weighted by Gasteiger charge is -2.31. The quantitative estimate of drug-likeness (QED) is 0.783. The summed E-state index contributed by atoms with van der Waals surface area (Å²) in [5.41, 5.74) is 1.21. The van der Waals surface area contributed by atoms with Crippen molar-refractivity contribution in [3.8, 4) is 0 Å². The lowest BCUT2D eigenvalue weighted by molar-refractivity contribution is 0.461. The van der Waals surface area contributed by atoms with Crippen LogP contribution in [-0.4, -0.2) is 23.6 Å². The molecule has 0 aliphatic carbocycles. The van der Waals surface area contributed by atoms with Gasteiger partial charge in [0.25, 0.3) is 0 Å². The maximum atomic E-state index is 13.3. The van der Waals surface area contributed by atoms with Crippen molar-refractivity contribution in [1.82, 2.24) is 5.32 Å². The van der Waals surface area contributed by atoms with Crippen molar-refractivity contribution < 1.29 is 4.39 Å². The first kappa shape index (κ1) is 16.3. The summed E-state index contributed by atoms with van der Waals surface area (Å²) < 4.78 is 13.9. The van der Waals surface area contributed by atoms with Gasteiger partial charge < -0.3 is 5.32 Å². The van der Waals surface area contributed by atoms with Gasteiger partial charge in [0.1, 0.15) is 5.82 Å². The van der Waals surface area contributed by atoms with Crippen molar-refractivity contribution in [2.45, 2.75) is 50.3 Å². The van der Waals surface area contributed by atoms with Gasteiger partial charge in [-0.1, -0.05) is 19.4 Å². The van der Waals surface area contributed by atoms with Gasteiger partial charge in [-0.25, -0.2) is 4.39 Å². The summed E-state index contributed by atoms with van der Waals surface area (Å²) in [4.78, 5) is 0. The molecule has 1 aliphatic heterocycles. The van der Waals surface area contributed by atoms with Crippen LogP contribution in [0.4, 0.5) is 4.39 Å². The van der Waals surface area contributed by atoms with Crippen molar-refractivity contribution in [3.05, 3.63) is 34.1 Å². The van der Waals surface area contributed by atoms with Crippen LogP contribution in [0.2, 0.25) is 0 Å². The van der Waals surface area contributed by atoms with Crippen molar-refractivity contribution in [2.24, 2.45) is 0 Å². The molecule has 1 heterocycles. The number of hydrogen-bond acceptors (Lipinski definition) is 2. The molecule has 0 saturated carbocycles. The summed E-state index contributed by atoms with van der Waals surface area (Å²) in [7, 11) is 0. The normalized spacial score (nSPS) is 20.9. The molecule has 1 aromatic rings. The third-order valence-corrected chi connectivity index (χ3v) is 5.88. The first-order chi connectivity index (χ1) is 9.70. The minimum atomic E-state index is -0.182. The number of hydrogen-bond donors (Lipinski definition) is 1. The predicted octanol–water partition coefficient (Wildman–Crippen LogP) is 4.78. The molecule has 2 atom stereocenters. The molecule has 20 heavy (non-hydrogen) atoms. The SMILES string of the molecule is CCCNC(Cc1ccc(F)c(Br)c1)C1CCCCS1. The van der Waals surface area contributed by atoms with E-state index in [1.54, 1.807) is 6.07 Å². The Morgan fingerprint density at radius 3 is 2.95 bits per heavy atom. The van der Waals surface area contributed by atoms with Gasteiger partial charge >= 0.3 is 0 Å². The highest BCUT2D eigenvalue weighted by Crippen LogP contribution is 2.29. The van der Waals surface area contributed by atoms with Crippen molar-refractivity contribution >= 4 is 27.7 Å². The summed E-state index contributed by atoms with van der Waals surface area (Å²) in [5.74, 6) is 1.10. The summed E-state index contributed by atoms with van der Waals surface area (Å²) in [6.07, 6.45) is 6.13. The van der Waals surface area contributed by atoms with Gasteiger partial charge in [-0.3, -0.25) is 0 Å². The highest BCUT2D eigenvalue weighted by Gasteiger charge is 2.24. The summed E-state index contributed by atoms with van der Waals surface area (Å²) in [5, 5.41) is 4.39. The lowest BCUT2D eigenvalue weighted by Crippen LogP contribution is -2.41. The third-order valence-electron chi connectivity index (χ3n) is 3.76. The minimum absolute atomic E-state index is 0.182. The fourth-order valence-electron chi connectivity index (χ4n) is 2.67. The third kappa shape index (κ3) is 4.74. The molecule has 0 radical (unpaired) electrons. The molecule has 1 aliphatic rings. The van der Waals surface area contributed by atoms with E-state index in [4.69, 9.17) is 0 Å². The molecule has 0 amide bonds. The average Bonchev–Trinajstić information content (AvgIpc) is 2.48. The fraction of sp³-hybridized carbons (Fsp3) is 0.625. The molecule has 1 saturated heterocycles. The van der Waals surface area contributed by atoms with E-state index in [9.17, 15) is 4.39 Å². The zero-order valence-corrected chi connectivity index (χ0v) is 14.4. The van der Waals surface area contributed by atoms with Gasteiger partial charge in [-0.15, -0.1) is 0 Å². The van der Waals surface area contributed by atoms with Crippen LogP contribution >= 0.6 is 27.7 Å². The molecule has 112 valence electrons. The fourth-order valence-corrected chi connectivity index (χ4v) is 4.53. The van der Waals surface area contributed by atoms with E-state index in [0.717, 1.165) is 19.4 Å². The monoisotopic (exact) mass is 359 g/mol. The molecule has 4 heteroatoms. The van der Waals surface area contributed by atoms with E-state index in [-0.39, 0.29) is 5.82 Å². The molecule has 0 spiro atoms. The number of halogens is 2. The van der Waals surface area contributed by atoms with Crippen LogP contribution in [0.1, 0.15) is 38.2 Å². The van der Waals surface area contributed by atoms with Crippen molar-refractivity contribution in [2.75, 3.05) is 12.3 Å². The Labute approximate surface area is 134 Å². The molecular formula is C16H23BrFNS. The second-order valence-electron chi connectivity index (χ2n) is 5.42. The zero-order chi connectivity index (χ0) is 14.4. The molecular weight excluding hydrogens is 337 g/mol. The van der Waals surface area contributed by atoms with Gasteiger partial charge in [0.2, 0.25) is 0 Å². The van der Waals surface area contributed by atoms with Crippen LogP contribution in [0.25, 0.3) is 0 Å². The van der Waals surface area contributed by atoms with Crippen LogP contribution in [0.15, 0.2) is 22.7 Å². The van der Waals surface area contributed by atoms with E-state index < -0.39 is 0 Å². The van der Waals surface area contributed by atoms with Crippen molar-refractivity contribution in [1.29, 1.82) is 0 Å².